The highest BCUT2D eigenvalue weighted by Crippen LogP contribution is 2.22. The van der Waals surface area contributed by atoms with Crippen LogP contribution in [0.1, 0.15) is 22.3 Å². The Morgan fingerprint density at radius 1 is 1.62 bits per heavy atom. The molecule has 0 spiro atoms. The van der Waals surface area contributed by atoms with Gasteiger partial charge in [-0.2, -0.15) is 0 Å². The number of fused-ring (bicyclic) bond motifs is 1. The van der Waals surface area contributed by atoms with Crippen LogP contribution in [-0.2, 0) is 6.42 Å². The van der Waals surface area contributed by atoms with Crippen LogP contribution in [0.25, 0.3) is 0 Å². The Labute approximate surface area is 75.2 Å². The molecule has 1 aliphatic rings. The van der Waals surface area contributed by atoms with Crippen LogP contribution in [0.5, 0.6) is 5.88 Å². The number of nitrogens with zero attached hydrogens (tertiary/aromatic N) is 1. The monoisotopic (exact) mass is 179 g/mol. The third-order valence-corrected chi connectivity index (χ3v) is 2.00. The van der Waals surface area contributed by atoms with Crippen molar-refractivity contribution in [2.45, 2.75) is 12.8 Å². The number of hydrogen-bond donors (Lipinski definition) is 1. The van der Waals surface area contributed by atoms with Crippen molar-refractivity contribution < 1.29 is 14.6 Å². The third kappa shape index (κ3) is 1.47. The van der Waals surface area contributed by atoms with E-state index in [4.69, 9.17) is 9.84 Å². The molecule has 0 aromatic carbocycles. The van der Waals surface area contributed by atoms with Crippen molar-refractivity contribution in [3.8, 4) is 5.88 Å². The Morgan fingerprint density at radius 3 is 3.23 bits per heavy atom. The largest absolute Gasteiger partial charge is 0.478 e. The van der Waals surface area contributed by atoms with E-state index in [0.29, 0.717) is 12.5 Å². The summed E-state index contributed by atoms with van der Waals surface area (Å²) in [6.07, 6.45) is 3.10. The predicted octanol–water partition coefficient (Wildman–Crippen LogP) is 1.10. The summed E-state index contributed by atoms with van der Waals surface area (Å²) in [4.78, 5) is 14.5. The first kappa shape index (κ1) is 8.04. The average molecular weight is 179 g/mol. The van der Waals surface area contributed by atoms with Crippen molar-refractivity contribution in [1.82, 2.24) is 4.98 Å². The van der Waals surface area contributed by atoms with E-state index in [1.54, 1.807) is 6.07 Å². The smallest absolute Gasteiger partial charge is 0.337 e. The lowest BCUT2D eigenvalue weighted by molar-refractivity contribution is 0.0696. The van der Waals surface area contributed by atoms with Gasteiger partial charge in [0.15, 0.2) is 0 Å². The number of carboxylic acid groups (broad SMARTS) is 1. The van der Waals surface area contributed by atoms with E-state index in [9.17, 15) is 4.79 Å². The molecule has 2 rings (SSSR count). The fraction of sp³-hybridized carbons (Fsp3) is 0.333. The molecule has 0 atom stereocenters. The van der Waals surface area contributed by atoms with E-state index in [0.717, 1.165) is 18.4 Å². The minimum absolute atomic E-state index is 0.226. The highest BCUT2D eigenvalue weighted by Gasteiger charge is 2.14. The summed E-state index contributed by atoms with van der Waals surface area (Å²) in [6, 6.07) is 1.63. The summed E-state index contributed by atoms with van der Waals surface area (Å²) in [5.41, 5.74) is 1.12. The van der Waals surface area contributed by atoms with Gasteiger partial charge >= 0.3 is 5.97 Å². The van der Waals surface area contributed by atoms with Gasteiger partial charge in [0.2, 0.25) is 5.88 Å². The molecule has 0 saturated carbocycles. The van der Waals surface area contributed by atoms with Gasteiger partial charge in [-0.15, -0.1) is 0 Å². The van der Waals surface area contributed by atoms with Crippen LogP contribution in [0, 0.1) is 0 Å². The molecule has 4 nitrogen and oxygen atoms in total. The molecule has 1 N–H and O–H groups in total. The maximum absolute atomic E-state index is 10.6. The molecule has 0 aliphatic carbocycles. The van der Waals surface area contributed by atoms with E-state index in [-0.39, 0.29) is 5.56 Å². The fourth-order valence-corrected chi connectivity index (χ4v) is 1.36. The van der Waals surface area contributed by atoms with E-state index < -0.39 is 5.97 Å². The lowest BCUT2D eigenvalue weighted by Gasteiger charge is -2.15. The van der Waals surface area contributed by atoms with Gasteiger partial charge in [0.25, 0.3) is 0 Å². The molecular formula is C9H9NO3. The van der Waals surface area contributed by atoms with E-state index in [2.05, 4.69) is 4.98 Å². The molecule has 1 aromatic heterocycles. The zero-order valence-corrected chi connectivity index (χ0v) is 6.99. The van der Waals surface area contributed by atoms with Crippen molar-refractivity contribution >= 4 is 5.97 Å². The number of hydrogen-bond acceptors (Lipinski definition) is 3. The van der Waals surface area contributed by atoms with Gasteiger partial charge < -0.3 is 9.84 Å². The number of carboxylic acids is 1. The zero-order valence-electron chi connectivity index (χ0n) is 6.99. The highest BCUT2D eigenvalue weighted by molar-refractivity contribution is 5.87. The molecule has 0 unspecified atom stereocenters. The van der Waals surface area contributed by atoms with Gasteiger partial charge in [-0.05, 0) is 18.9 Å². The lowest BCUT2D eigenvalue weighted by atomic mass is 10.1. The number of pyridine rings is 1. The molecule has 1 aliphatic heterocycles. The Kier molecular flexibility index (Phi) is 1.88. The summed E-state index contributed by atoms with van der Waals surface area (Å²) < 4.78 is 5.25. The van der Waals surface area contributed by atoms with Crippen LogP contribution in [0.3, 0.4) is 0 Å². The number of aromatic carboxylic acids is 1. The minimum Gasteiger partial charge on any atom is -0.478 e. The molecule has 13 heavy (non-hydrogen) atoms. The first-order valence-electron chi connectivity index (χ1n) is 4.12. The van der Waals surface area contributed by atoms with Crippen LogP contribution >= 0.6 is 0 Å². The SMILES string of the molecule is O=C(O)c1cnc2c(c1)CCCO2. The van der Waals surface area contributed by atoms with E-state index >= 15 is 0 Å². The Bertz CT molecular complexity index is 349. The normalized spacial score (nSPS) is 14.5. The third-order valence-electron chi connectivity index (χ3n) is 2.00. The standard InChI is InChI=1S/C9H9NO3/c11-9(12)7-4-6-2-1-3-13-8(6)10-5-7/h4-5H,1-3H2,(H,11,12). The zero-order chi connectivity index (χ0) is 9.26. The van der Waals surface area contributed by atoms with Crippen LogP contribution in [-0.4, -0.2) is 22.7 Å². The van der Waals surface area contributed by atoms with Crippen molar-refractivity contribution in [1.29, 1.82) is 0 Å². The van der Waals surface area contributed by atoms with Crippen molar-refractivity contribution in [2.24, 2.45) is 0 Å². The van der Waals surface area contributed by atoms with Crippen molar-refractivity contribution in [3.05, 3.63) is 23.4 Å². The van der Waals surface area contributed by atoms with Crippen LogP contribution in [0.4, 0.5) is 0 Å². The van der Waals surface area contributed by atoms with Gasteiger partial charge in [0, 0.05) is 11.8 Å². The van der Waals surface area contributed by atoms with Gasteiger partial charge in [0.1, 0.15) is 0 Å². The summed E-state index contributed by atoms with van der Waals surface area (Å²) in [7, 11) is 0. The predicted molar refractivity (Wildman–Crippen MR) is 45.0 cm³/mol. The van der Waals surface area contributed by atoms with Crippen LogP contribution in [0.15, 0.2) is 12.3 Å². The molecule has 1 aromatic rings. The molecule has 4 heteroatoms. The molecule has 0 fully saturated rings. The fourth-order valence-electron chi connectivity index (χ4n) is 1.36. The first-order valence-corrected chi connectivity index (χ1v) is 4.12. The Morgan fingerprint density at radius 2 is 2.46 bits per heavy atom. The average Bonchev–Trinajstić information content (AvgIpc) is 2.17. The molecule has 0 radical (unpaired) electrons. The molecule has 0 bridgehead atoms. The Balaban J connectivity index is 2.40. The van der Waals surface area contributed by atoms with Crippen molar-refractivity contribution in [3.63, 3.8) is 0 Å². The van der Waals surface area contributed by atoms with E-state index in [1.165, 1.54) is 6.20 Å². The number of carbonyl (C=O) groups is 1. The molecule has 68 valence electrons. The maximum atomic E-state index is 10.6. The number of rotatable bonds is 1. The minimum atomic E-state index is -0.944. The highest BCUT2D eigenvalue weighted by atomic mass is 16.5. The summed E-state index contributed by atoms with van der Waals surface area (Å²) >= 11 is 0. The van der Waals surface area contributed by atoms with Crippen LogP contribution in [0.2, 0.25) is 0 Å². The van der Waals surface area contributed by atoms with Gasteiger partial charge in [0.05, 0.1) is 12.2 Å². The second kappa shape index (κ2) is 3.05. The quantitative estimate of drug-likeness (QED) is 0.701. The molecular weight excluding hydrogens is 170 g/mol. The maximum Gasteiger partial charge on any atom is 0.337 e. The second-order valence-corrected chi connectivity index (χ2v) is 2.95. The summed E-state index contributed by atoms with van der Waals surface area (Å²) in [6.45, 7) is 0.673. The first-order chi connectivity index (χ1) is 6.27. The molecule has 0 amide bonds. The second-order valence-electron chi connectivity index (χ2n) is 2.95. The number of aryl methyl sites for hydroxylation is 1. The summed E-state index contributed by atoms with van der Waals surface area (Å²) in [5, 5.41) is 8.71. The van der Waals surface area contributed by atoms with Gasteiger partial charge in [-0.3, -0.25) is 0 Å². The van der Waals surface area contributed by atoms with Gasteiger partial charge in [-0.25, -0.2) is 9.78 Å². The molecule has 0 saturated heterocycles. The molecule has 2 heterocycles. The lowest BCUT2D eigenvalue weighted by Crippen LogP contribution is -2.11. The topological polar surface area (TPSA) is 59.4 Å². The number of aromatic nitrogens is 1. The Hall–Kier alpha value is -1.58. The summed E-state index contributed by atoms with van der Waals surface area (Å²) in [5.74, 6) is -0.364. The number of ether oxygens (including phenoxy) is 1. The van der Waals surface area contributed by atoms with E-state index in [1.807, 2.05) is 0 Å². The van der Waals surface area contributed by atoms with Crippen LogP contribution < -0.4 is 4.74 Å². The van der Waals surface area contributed by atoms with Crippen molar-refractivity contribution in [2.75, 3.05) is 6.61 Å². The van der Waals surface area contributed by atoms with Gasteiger partial charge in [-0.1, -0.05) is 0 Å².